The number of carboxylic acid groups (broad SMARTS) is 1. The van der Waals surface area contributed by atoms with Crippen LogP contribution in [0.25, 0.3) is 0 Å². The van der Waals surface area contributed by atoms with E-state index in [-0.39, 0.29) is 5.91 Å². The summed E-state index contributed by atoms with van der Waals surface area (Å²) in [7, 11) is 0. The van der Waals surface area contributed by atoms with E-state index in [4.69, 9.17) is 9.90 Å². The van der Waals surface area contributed by atoms with Crippen LogP contribution in [0.5, 0.6) is 0 Å². The molecular weight excluding hydrogens is 136 g/mol. The third-order valence-electron chi connectivity index (χ3n) is 0.696. The van der Waals surface area contributed by atoms with Crippen LogP contribution < -0.4 is 10.6 Å². The van der Waals surface area contributed by atoms with Gasteiger partial charge in [-0.25, -0.2) is 0 Å². The van der Waals surface area contributed by atoms with E-state index in [1.807, 2.05) is 0 Å². The molecule has 1 amide bonds. The Morgan fingerprint density at radius 2 is 2.20 bits per heavy atom. The zero-order chi connectivity index (χ0) is 7.98. The second kappa shape index (κ2) is 4.75. The molecule has 0 aromatic rings. The van der Waals surface area contributed by atoms with E-state index >= 15 is 0 Å². The molecule has 5 nitrogen and oxygen atoms in total. The first-order chi connectivity index (χ1) is 4.63. The zero-order valence-corrected chi connectivity index (χ0v) is 5.68. The van der Waals surface area contributed by atoms with Gasteiger partial charge in [0, 0.05) is 6.92 Å². The summed E-state index contributed by atoms with van der Waals surface area (Å²) in [4.78, 5) is 19.1. The van der Waals surface area contributed by atoms with Crippen molar-refractivity contribution in [3.8, 4) is 0 Å². The van der Waals surface area contributed by atoms with Crippen molar-refractivity contribution < 1.29 is 14.7 Å². The summed E-state index contributed by atoms with van der Waals surface area (Å²) in [5, 5.41) is 12.8. The molecule has 3 N–H and O–H groups in total. The SMILES string of the molecule is CC(=O)O.O=C1CNCN1. The van der Waals surface area contributed by atoms with Crippen LogP contribution in [-0.4, -0.2) is 30.2 Å². The highest BCUT2D eigenvalue weighted by atomic mass is 16.4. The lowest BCUT2D eigenvalue weighted by atomic mass is 10.7. The van der Waals surface area contributed by atoms with Crippen LogP contribution in [-0.2, 0) is 9.59 Å². The Morgan fingerprint density at radius 3 is 2.30 bits per heavy atom. The molecule has 0 saturated carbocycles. The predicted octanol–water partition coefficient (Wildman–Crippen LogP) is -1.25. The number of hydrogen-bond donors (Lipinski definition) is 3. The van der Waals surface area contributed by atoms with Crippen LogP contribution >= 0.6 is 0 Å². The fourth-order valence-corrected chi connectivity index (χ4v) is 0.400. The van der Waals surface area contributed by atoms with Crippen LogP contribution in [0.15, 0.2) is 0 Å². The van der Waals surface area contributed by atoms with Crippen molar-refractivity contribution in [3.05, 3.63) is 0 Å². The Labute approximate surface area is 58.4 Å². The number of hydrogen-bond acceptors (Lipinski definition) is 3. The average molecular weight is 146 g/mol. The smallest absolute Gasteiger partial charge is 0.300 e. The first-order valence-electron chi connectivity index (χ1n) is 2.80. The molecule has 10 heavy (non-hydrogen) atoms. The van der Waals surface area contributed by atoms with E-state index in [1.54, 1.807) is 0 Å². The monoisotopic (exact) mass is 146 g/mol. The maximum Gasteiger partial charge on any atom is 0.300 e. The van der Waals surface area contributed by atoms with Gasteiger partial charge in [-0.2, -0.15) is 0 Å². The van der Waals surface area contributed by atoms with Gasteiger partial charge in [0.15, 0.2) is 0 Å². The molecular formula is C5H10N2O3. The van der Waals surface area contributed by atoms with Gasteiger partial charge in [0.05, 0.1) is 13.2 Å². The number of carbonyl (C=O) groups excluding carboxylic acids is 1. The molecule has 1 aliphatic heterocycles. The van der Waals surface area contributed by atoms with Crippen LogP contribution in [0.3, 0.4) is 0 Å². The maximum absolute atomic E-state index is 10.1. The van der Waals surface area contributed by atoms with E-state index in [0.29, 0.717) is 13.2 Å². The minimum Gasteiger partial charge on any atom is -0.481 e. The first-order valence-corrected chi connectivity index (χ1v) is 2.80. The van der Waals surface area contributed by atoms with E-state index < -0.39 is 5.97 Å². The van der Waals surface area contributed by atoms with Crippen molar-refractivity contribution in [2.45, 2.75) is 6.92 Å². The zero-order valence-electron chi connectivity index (χ0n) is 5.68. The van der Waals surface area contributed by atoms with E-state index in [0.717, 1.165) is 6.92 Å². The van der Waals surface area contributed by atoms with Gasteiger partial charge < -0.3 is 10.4 Å². The van der Waals surface area contributed by atoms with Crippen LogP contribution in [0.2, 0.25) is 0 Å². The van der Waals surface area contributed by atoms with Gasteiger partial charge >= 0.3 is 0 Å². The van der Waals surface area contributed by atoms with Crippen LogP contribution in [0.1, 0.15) is 6.92 Å². The number of aliphatic carboxylic acids is 1. The van der Waals surface area contributed by atoms with Crippen molar-refractivity contribution in [1.29, 1.82) is 0 Å². The van der Waals surface area contributed by atoms with Crippen molar-refractivity contribution >= 4 is 11.9 Å². The molecule has 0 aliphatic carbocycles. The lowest BCUT2D eigenvalue weighted by Crippen LogP contribution is -2.14. The topological polar surface area (TPSA) is 78.4 Å². The summed E-state index contributed by atoms with van der Waals surface area (Å²) < 4.78 is 0. The van der Waals surface area contributed by atoms with Crippen molar-refractivity contribution in [2.75, 3.05) is 13.2 Å². The molecule has 58 valence electrons. The molecule has 0 atom stereocenters. The highest BCUT2D eigenvalue weighted by molar-refractivity contribution is 5.79. The quantitative estimate of drug-likeness (QED) is 0.399. The van der Waals surface area contributed by atoms with Gasteiger partial charge in [0.1, 0.15) is 0 Å². The number of carbonyl (C=O) groups is 2. The summed E-state index contributed by atoms with van der Waals surface area (Å²) in [6, 6.07) is 0. The third kappa shape index (κ3) is 6.90. The Bertz CT molecular complexity index is 123. The minimum atomic E-state index is -0.833. The molecule has 1 saturated heterocycles. The number of carboxylic acids is 1. The molecule has 1 fully saturated rings. The normalized spacial score (nSPS) is 15.1. The molecule has 0 spiro atoms. The fraction of sp³-hybridized carbons (Fsp3) is 0.600. The van der Waals surface area contributed by atoms with E-state index in [1.165, 1.54) is 0 Å². The third-order valence-corrected chi connectivity index (χ3v) is 0.696. The van der Waals surface area contributed by atoms with Gasteiger partial charge in [-0.15, -0.1) is 0 Å². The van der Waals surface area contributed by atoms with Gasteiger partial charge in [-0.3, -0.25) is 14.9 Å². The van der Waals surface area contributed by atoms with Gasteiger partial charge in [0.2, 0.25) is 5.91 Å². The Balaban J connectivity index is 0.000000180. The molecule has 0 unspecified atom stereocenters. The molecule has 0 bridgehead atoms. The second-order valence-electron chi connectivity index (χ2n) is 1.72. The summed E-state index contributed by atoms with van der Waals surface area (Å²) in [5.74, 6) is -0.741. The Hall–Kier alpha value is -1.10. The largest absolute Gasteiger partial charge is 0.481 e. The summed E-state index contributed by atoms with van der Waals surface area (Å²) in [5.41, 5.74) is 0. The number of rotatable bonds is 0. The number of nitrogens with one attached hydrogen (secondary N) is 2. The second-order valence-corrected chi connectivity index (χ2v) is 1.72. The lowest BCUT2D eigenvalue weighted by molar-refractivity contribution is -0.134. The summed E-state index contributed by atoms with van der Waals surface area (Å²) >= 11 is 0. The molecule has 5 heteroatoms. The molecule has 1 heterocycles. The predicted molar refractivity (Wildman–Crippen MR) is 34.3 cm³/mol. The fourth-order valence-electron chi connectivity index (χ4n) is 0.400. The lowest BCUT2D eigenvalue weighted by Gasteiger charge is -1.78. The molecule has 1 aliphatic rings. The van der Waals surface area contributed by atoms with Crippen molar-refractivity contribution in [3.63, 3.8) is 0 Å². The standard InChI is InChI=1S/C3H6N2O.C2H4O2/c6-3-1-4-2-5-3;1-2(3)4/h4H,1-2H2,(H,5,6);1H3,(H,3,4). The van der Waals surface area contributed by atoms with Gasteiger partial charge in [0.25, 0.3) is 5.97 Å². The van der Waals surface area contributed by atoms with Crippen LogP contribution in [0.4, 0.5) is 0 Å². The molecule has 1 rings (SSSR count). The Morgan fingerprint density at radius 1 is 1.70 bits per heavy atom. The van der Waals surface area contributed by atoms with E-state index in [2.05, 4.69) is 10.6 Å². The highest BCUT2D eigenvalue weighted by Crippen LogP contribution is 1.67. The Kier molecular flexibility index (Phi) is 4.23. The minimum absolute atomic E-state index is 0.0926. The van der Waals surface area contributed by atoms with Gasteiger partial charge in [-0.1, -0.05) is 0 Å². The maximum atomic E-state index is 10.1. The summed E-state index contributed by atoms with van der Waals surface area (Å²) in [6.07, 6.45) is 0. The highest BCUT2D eigenvalue weighted by Gasteiger charge is 2.03. The molecule has 0 radical (unpaired) electrons. The van der Waals surface area contributed by atoms with Crippen LogP contribution in [0, 0.1) is 0 Å². The van der Waals surface area contributed by atoms with Gasteiger partial charge in [-0.05, 0) is 0 Å². The molecule has 0 aromatic carbocycles. The van der Waals surface area contributed by atoms with Crippen molar-refractivity contribution in [2.24, 2.45) is 0 Å². The number of amides is 1. The van der Waals surface area contributed by atoms with Crippen molar-refractivity contribution in [1.82, 2.24) is 10.6 Å². The van der Waals surface area contributed by atoms with E-state index in [9.17, 15) is 4.79 Å². The summed E-state index contributed by atoms with van der Waals surface area (Å²) in [6.45, 7) is 2.21. The first kappa shape index (κ1) is 8.90. The average Bonchev–Trinajstić information content (AvgIpc) is 2.15. The molecule has 0 aromatic heterocycles.